The molecule has 0 spiro atoms. The molecule has 1 aromatic heterocycles. The van der Waals surface area contributed by atoms with Crippen LogP contribution in [0.4, 0.5) is 0 Å². The number of rotatable bonds is 10. The molecule has 1 heterocycles. The highest BCUT2D eigenvalue weighted by Gasteiger charge is 2.07. The summed E-state index contributed by atoms with van der Waals surface area (Å²) in [5.41, 5.74) is 2.32. The fourth-order valence-electron chi connectivity index (χ4n) is 2.70. The molecule has 0 unspecified atom stereocenters. The topological polar surface area (TPSA) is 76.4 Å². The summed E-state index contributed by atoms with van der Waals surface area (Å²) >= 11 is 0. The van der Waals surface area contributed by atoms with Gasteiger partial charge in [0.25, 0.3) is 0 Å². The highest BCUT2D eigenvalue weighted by atomic mass is 127. The number of unbranched alkanes of at least 4 members (excludes halogenated alkanes) is 3. The van der Waals surface area contributed by atoms with E-state index in [1.165, 1.54) is 24.8 Å². The molecular weight excluding hydrogens is 467 g/mol. The minimum atomic E-state index is 0. The van der Waals surface area contributed by atoms with Gasteiger partial charge in [0, 0.05) is 26.2 Å². The van der Waals surface area contributed by atoms with Crippen LogP contribution >= 0.6 is 24.0 Å². The molecule has 0 atom stereocenters. The van der Waals surface area contributed by atoms with Gasteiger partial charge < -0.3 is 15.4 Å². The van der Waals surface area contributed by atoms with Crippen molar-refractivity contribution in [2.45, 2.75) is 52.6 Å². The lowest BCUT2D eigenvalue weighted by atomic mass is 10.1. The molecule has 0 saturated heterocycles. The van der Waals surface area contributed by atoms with Crippen LogP contribution in [0, 0.1) is 6.92 Å². The highest BCUT2D eigenvalue weighted by Crippen LogP contribution is 2.20. The summed E-state index contributed by atoms with van der Waals surface area (Å²) in [6.07, 6.45) is 6.35. The molecular formula is C20H33IN6O. The summed E-state index contributed by atoms with van der Waals surface area (Å²) in [4.78, 5) is 8.48. The monoisotopic (exact) mass is 500 g/mol. The average molecular weight is 500 g/mol. The van der Waals surface area contributed by atoms with E-state index in [0.717, 1.165) is 30.2 Å². The van der Waals surface area contributed by atoms with Crippen molar-refractivity contribution in [2.24, 2.45) is 12.0 Å². The van der Waals surface area contributed by atoms with Crippen molar-refractivity contribution in [2.75, 3.05) is 13.7 Å². The first-order chi connectivity index (χ1) is 13.1. The summed E-state index contributed by atoms with van der Waals surface area (Å²) in [6, 6.07) is 6.32. The van der Waals surface area contributed by atoms with E-state index in [-0.39, 0.29) is 24.0 Å². The van der Waals surface area contributed by atoms with Crippen molar-refractivity contribution < 1.29 is 4.74 Å². The maximum Gasteiger partial charge on any atom is 0.191 e. The van der Waals surface area contributed by atoms with Gasteiger partial charge in [-0.25, -0.2) is 4.98 Å². The molecule has 0 aliphatic heterocycles. The molecule has 28 heavy (non-hydrogen) atoms. The molecule has 7 nitrogen and oxygen atoms in total. The Kier molecular flexibility index (Phi) is 11.5. The Balaban J connectivity index is 0.00000392. The fraction of sp³-hybridized carbons (Fsp3) is 0.550. The molecule has 0 aliphatic rings. The number of aryl methyl sites for hydroxylation is 2. The summed E-state index contributed by atoms with van der Waals surface area (Å²) in [6.45, 7) is 6.27. The molecule has 156 valence electrons. The zero-order chi connectivity index (χ0) is 19.5. The van der Waals surface area contributed by atoms with Gasteiger partial charge in [-0.05, 0) is 25.0 Å². The predicted molar refractivity (Wildman–Crippen MR) is 124 cm³/mol. The third-order valence-electron chi connectivity index (χ3n) is 4.37. The van der Waals surface area contributed by atoms with Crippen LogP contribution < -0.4 is 15.4 Å². The molecule has 0 aliphatic carbocycles. The van der Waals surface area contributed by atoms with Crippen LogP contribution in [0.15, 0.2) is 29.5 Å². The molecule has 1 aromatic carbocycles. The smallest absolute Gasteiger partial charge is 0.191 e. The predicted octanol–water partition coefficient (Wildman–Crippen LogP) is 3.57. The van der Waals surface area contributed by atoms with Crippen LogP contribution in [-0.2, 0) is 20.1 Å². The van der Waals surface area contributed by atoms with Gasteiger partial charge in [-0.1, -0.05) is 38.3 Å². The Bertz CT molecular complexity index is 731. The van der Waals surface area contributed by atoms with Crippen LogP contribution in [0.25, 0.3) is 0 Å². The van der Waals surface area contributed by atoms with E-state index in [1.54, 1.807) is 18.1 Å². The van der Waals surface area contributed by atoms with Gasteiger partial charge in [-0.2, -0.15) is 5.10 Å². The number of nitrogens with zero attached hydrogens (tertiary/aromatic N) is 4. The maximum atomic E-state index is 6.04. The van der Waals surface area contributed by atoms with Gasteiger partial charge >= 0.3 is 0 Å². The van der Waals surface area contributed by atoms with E-state index < -0.39 is 0 Å². The van der Waals surface area contributed by atoms with E-state index in [1.807, 2.05) is 7.05 Å². The largest absolute Gasteiger partial charge is 0.493 e. The Labute approximate surface area is 185 Å². The van der Waals surface area contributed by atoms with Crippen molar-refractivity contribution in [1.29, 1.82) is 0 Å². The summed E-state index contributed by atoms with van der Waals surface area (Å²) in [5, 5.41) is 10.7. The van der Waals surface area contributed by atoms with Crippen molar-refractivity contribution in [1.82, 2.24) is 25.4 Å². The van der Waals surface area contributed by atoms with Crippen molar-refractivity contribution in [3.8, 4) is 5.75 Å². The molecule has 2 rings (SSSR count). The number of hydrogen-bond acceptors (Lipinski definition) is 4. The third-order valence-corrected chi connectivity index (χ3v) is 4.37. The van der Waals surface area contributed by atoms with Crippen LogP contribution in [0.5, 0.6) is 5.75 Å². The number of ether oxygens (including phenoxy) is 1. The maximum absolute atomic E-state index is 6.04. The third kappa shape index (κ3) is 8.04. The Hall–Kier alpha value is -1.84. The van der Waals surface area contributed by atoms with Gasteiger partial charge in [-0.15, -0.1) is 24.0 Å². The van der Waals surface area contributed by atoms with Crippen LogP contribution in [-0.4, -0.2) is 34.4 Å². The van der Waals surface area contributed by atoms with E-state index in [9.17, 15) is 0 Å². The van der Waals surface area contributed by atoms with Gasteiger partial charge in [-0.3, -0.25) is 9.67 Å². The van der Waals surface area contributed by atoms with Gasteiger partial charge in [0.1, 0.15) is 17.9 Å². The molecule has 0 amide bonds. The second-order valence-corrected chi connectivity index (χ2v) is 6.60. The molecule has 8 heteroatoms. The number of aliphatic imine (C=N–C) groups is 1. The van der Waals surface area contributed by atoms with E-state index in [2.05, 4.69) is 57.8 Å². The van der Waals surface area contributed by atoms with Crippen molar-refractivity contribution >= 4 is 29.9 Å². The van der Waals surface area contributed by atoms with Crippen LogP contribution in [0.1, 0.15) is 49.6 Å². The van der Waals surface area contributed by atoms with Crippen molar-refractivity contribution in [3.63, 3.8) is 0 Å². The lowest BCUT2D eigenvalue weighted by Crippen LogP contribution is -2.37. The second-order valence-electron chi connectivity index (χ2n) is 6.60. The zero-order valence-electron chi connectivity index (χ0n) is 17.4. The Morgan fingerprint density at radius 3 is 2.64 bits per heavy atom. The number of aromatic nitrogens is 3. The van der Waals surface area contributed by atoms with Crippen molar-refractivity contribution in [3.05, 3.63) is 41.5 Å². The molecule has 2 aromatic rings. The Morgan fingerprint density at radius 2 is 1.96 bits per heavy atom. The lowest BCUT2D eigenvalue weighted by molar-refractivity contribution is 0.301. The number of guanidine groups is 1. The minimum Gasteiger partial charge on any atom is -0.493 e. The first-order valence-electron chi connectivity index (χ1n) is 9.63. The first-order valence-corrected chi connectivity index (χ1v) is 9.63. The fourth-order valence-corrected chi connectivity index (χ4v) is 2.70. The summed E-state index contributed by atoms with van der Waals surface area (Å²) < 4.78 is 7.78. The minimum absolute atomic E-state index is 0. The molecule has 2 N–H and O–H groups in total. The molecule has 0 bridgehead atoms. The zero-order valence-corrected chi connectivity index (χ0v) is 19.7. The summed E-state index contributed by atoms with van der Waals surface area (Å²) in [7, 11) is 3.63. The van der Waals surface area contributed by atoms with Gasteiger partial charge in [0.2, 0.25) is 0 Å². The normalized spacial score (nSPS) is 11.1. The molecule has 0 fully saturated rings. The standard InChI is InChI=1S/C20H32N6O.HI/c1-5-6-7-8-11-27-18-12-16(2)9-10-17(18)13-22-20(21-3)23-14-19-24-15-25-26(19)4;/h9-10,12,15H,5-8,11,13-14H2,1-4H3,(H2,21,22,23);1H. The Morgan fingerprint density at radius 1 is 1.18 bits per heavy atom. The average Bonchev–Trinajstić information content (AvgIpc) is 3.08. The van der Waals surface area contributed by atoms with Crippen LogP contribution in [0.2, 0.25) is 0 Å². The van der Waals surface area contributed by atoms with Gasteiger partial charge in [0.05, 0.1) is 13.2 Å². The molecule has 0 saturated carbocycles. The lowest BCUT2D eigenvalue weighted by Gasteiger charge is -2.15. The number of benzene rings is 1. The van der Waals surface area contributed by atoms with E-state index in [0.29, 0.717) is 19.0 Å². The van der Waals surface area contributed by atoms with Gasteiger partial charge in [0.15, 0.2) is 5.96 Å². The molecule has 0 radical (unpaired) electrons. The number of nitrogens with one attached hydrogen (secondary N) is 2. The SMILES string of the molecule is CCCCCCOc1cc(C)ccc1CNC(=NC)NCc1ncnn1C.I. The number of halogens is 1. The highest BCUT2D eigenvalue weighted by molar-refractivity contribution is 14.0. The number of hydrogen-bond donors (Lipinski definition) is 2. The quantitative estimate of drug-likeness (QED) is 0.226. The van der Waals surface area contributed by atoms with E-state index >= 15 is 0 Å². The second kappa shape index (κ2) is 13.4. The first kappa shape index (κ1) is 24.2. The van der Waals surface area contributed by atoms with Crippen LogP contribution in [0.3, 0.4) is 0 Å². The van der Waals surface area contributed by atoms with E-state index in [4.69, 9.17) is 4.74 Å². The summed E-state index contributed by atoms with van der Waals surface area (Å²) in [5.74, 6) is 2.51.